The van der Waals surface area contributed by atoms with Gasteiger partial charge in [-0.3, -0.25) is 29.4 Å². The van der Waals surface area contributed by atoms with Crippen LogP contribution in [0.4, 0.5) is 5.69 Å². The maximum Gasteiger partial charge on any atom is 0.303 e. The molecule has 4 aliphatic rings. The van der Waals surface area contributed by atoms with Gasteiger partial charge in [0.2, 0.25) is 24.5 Å². The number of anilines is 1. The van der Waals surface area contributed by atoms with Crippen LogP contribution >= 0.6 is 11.6 Å². The second kappa shape index (κ2) is 7.69. The number of nitrogens with one attached hydrogen (secondary N) is 2. The lowest BCUT2D eigenvalue weighted by Crippen LogP contribution is -2.53. The number of likely N-dealkylation sites (tertiary alicyclic amines) is 1. The number of carbonyl (C=O) groups excluding carboxylic acids is 3. The van der Waals surface area contributed by atoms with Crippen LogP contribution in [0.1, 0.15) is 24.0 Å². The normalized spacial score (nSPS) is 28.0. The Bertz CT molecular complexity index is 1310. The maximum absolute atomic E-state index is 13.8. The molecule has 10 nitrogen and oxygen atoms in total. The topological polar surface area (TPSA) is 134 Å². The quantitative estimate of drug-likeness (QED) is 0.533. The zero-order valence-corrected chi connectivity index (χ0v) is 19.0. The molecule has 0 radical (unpaired) electrons. The third kappa shape index (κ3) is 3.13. The summed E-state index contributed by atoms with van der Waals surface area (Å²) >= 11 is 6.23. The fraction of sp³-hybridized carbons (Fsp3) is 0.333. The molecule has 4 heterocycles. The fourth-order valence-corrected chi connectivity index (χ4v) is 5.91. The van der Waals surface area contributed by atoms with E-state index in [9.17, 15) is 24.3 Å². The molecule has 0 aliphatic carbocycles. The molecule has 2 fully saturated rings. The van der Waals surface area contributed by atoms with Crippen molar-refractivity contribution in [1.29, 1.82) is 0 Å². The van der Waals surface area contributed by atoms with Crippen molar-refractivity contribution in [3.8, 4) is 11.5 Å². The first-order valence-electron chi connectivity index (χ1n) is 11.1. The summed E-state index contributed by atoms with van der Waals surface area (Å²) in [7, 11) is 0. The zero-order chi connectivity index (χ0) is 24.5. The minimum atomic E-state index is -1.52. The lowest BCUT2D eigenvalue weighted by molar-refractivity contribution is -0.144. The molecule has 1 spiro atoms. The Labute approximate surface area is 204 Å². The fourth-order valence-electron chi connectivity index (χ4n) is 5.74. The van der Waals surface area contributed by atoms with Crippen LogP contribution in [0.25, 0.3) is 0 Å². The van der Waals surface area contributed by atoms with Crippen molar-refractivity contribution < 1.29 is 33.8 Å². The van der Waals surface area contributed by atoms with E-state index in [4.69, 9.17) is 21.1 Å². The molecule has 0 saturated carbocycles. The molecule has 6 rings (SSSR count). The number of hydrogen-bond acceptors (Lipinski definition) is 7. The molecule has 2 aromatic rings. The third-order valence-electron chi connectivity index (χ3n) is 7.22. The number of carboxylic acid groups (broad SMARTS) is 1. The minimum absolute atomic E-state index is 0.00689. The van der Waals surface area contributed by atoms with Crippen molar-refractivity contribution >= 4 is 41.0 Å². The Kier molecular flexibility index (Phi) is 4.81. The maximum atomic E-state index is 13.8. The number of aliphatic carboxylic acids is 1. The summed E-state index contributed by atoms with van der Waals surface area (Å²) in [4.78, 5) is 53.3. The van der Waals surface area contributed by atoms with Crippen molar-refractivity contribution in [3.05, 3.63) is 52.5 Å². The first-order valence-corrected chi connectivity index (χ1v) is 11.5. The molecule has 35 heavy (non-hydrogen) atoms. The number of amides is 3. The van der Waals surface area contributed by atoms with E-state index in [1.165, 1.54) is 0 Å². The molecule has 4 aliphatic heterocycles. The molecule has 11 heteroatoms. The SMILES string of the molecule is O=C(O)CC[C@H]1N[C@@]2(C(=O)Nc3ccc(Cl)cc32)[C@@H]2C(=O)N(Cc3ccc4c(c3)OCO4)C(=O)[C@@H]21. The number of imide groups is 1. The summed E-state index contributed by atoms with van der Waals surface area (Å²) < 4.78 is 10.7. The molecule has 2 saturated heterocycles. The van der Waals surface area contributed by atoms with Gasteiger partial charge in [0.05, 0.1) is 18.4 Å². The highest BCUT2D eigenvalue weighted by atomic mass is 35.5. The number of benzene rings is 2. The van der Waals surface area contributed by atoms with Gasteiger partial charge in [-0.2, -0.15) is 0 Å². The summed E-state index contributed by atoms with van der Waals surface area (Å²) in [6.07, 6.45) is -0.136. The predicted octanol–water partition coefficient (Wildman–Crippen LogP) is 1.85. The van der Waals surface area contributed by atoms with Gasteiger partial charge in [0.15, 0.2) is 11.5 Å². The van der Waals surface area contributed by atoms with Crippen molar-refractivity contribution in [2.24, 2.45) is 11.8 Å². The second-order valence-corrected chi connectivity index (χ2v) is 9.53. The van der Waals surface area contributed by atoms with Crippen molar-refractivity contribution in [2.45, 2.75) is 31.0 Å². The van der Waals surface area contributed by atoms with Crippen LogP contribution in [0.3, 0.4) is 0 Å². The molecule has 3 N–H and O–H groups in total. The molecule has 180 valence electrons. The lowest BCUT2D eigenvalue weighted by Gasteiger charge is -2.29. The molecular formula is C24H20ClN3O7. The summed E-state index contributed by atoms with van der Waals surface area (Å²) in [5, 5.41) is 15.6. The van der Waals surface area contributed by atoms with E-state index >= 15 is 0 Å². The number of rotatable bonds is 5. The van der Waals surface area contributed by atoms with Crippen molar-refractivity contribution in [2.75, 3.05) is 12.1 Å². The van der Waals surface area contributed by atoms with Gasteiger partial charge in [0.25, 0.3) is 0 Å². The van der Waals surface area contributed by atoms with E-state index in [0.29, 0.717) is 33.3 Å². The van der Waals surface area contributed by atoms with Crippen LogP contribution in [-0.2, 0) is 31.3 Å². The zero-order valence-electron chi connectivity index (χ0n) is 18.2. The van der Waals surface area contributed by atoms with Crippen LogP contribution in [-0.4, -0.2) is 46.5 Å². The average molecular weight is 498 g/mol. The number of halogens is 1. The van der Waals surface area contributed by atoms with Gasteiger partial charge >= 0.3 is 5.97 Å². The van der Waals surface area contributed by atoms with Crippen LogP contribution < -0.4 is 20.1 Å². The molecule has 0 unspecified atom stereocenters. The number of fused-ring (bicyclic) bond motifs is 5. The van der Waals surface area contributed by atoms with Gasteiger partial charge in [0, 0.05) is 28.7 Å². The first kappa shape index (κ1) is 21.9. The summed E-state index contributed by atoms with van der Waals surface area (Å²) in [5.41, 5.74) is 0.122. The van der Waals surface area contributed by atoms with E-state index in [-0.39, 0.29) is 26.2 Å². The van der Waals surface area contributed by atoms with Gasteiger partial charge < -0.3 is 19.9 Å². The van der Waals surface area contributed by atoms with Crippen LogP contribution in [0.15, 0.2) is 36.4 Å². The highest BCUT2D eigenvalue weighted by molar-refractivity contribution is 6.31. The van der Waals surface area contributed by atoms with Gasteiger partial charge in [0.1, 0.15) is 5.54 Å². The monoisotopic (exact) mass is 497 g/mol. The van der Waals surface area contributed by atoms with Gasteiger partial charge in [-0.05, 0) is 42.3 Å². The number of carbonyl (C=O) groups is 4. The Morgan fingerprint density at radius 1 is 1.11 bits per heavy atom. The van der Waals surface area contributed by atoms with Gasteiger partial charge in [-0.15, -0.1) is 0 Å². The van der Waals surface area contributed by atoms with Crippen LogP contribution in [0.5, 0.6) is 11.5 Å². The average Bonchev–Trinajstić information content (AvgIpc) is 3.55. The summed E-state index contributed by atoms with van der Waals surface area (Å²) in [6.45, 7) is 0.0914. The smallest absolute Gasteiger partial charge is 0.303 e. The largest absolute Gasteiger partial charge is 0.481 e. The molecule has 0 aromatic heterocycles. The number of hydrogen-bond donors (Lipinski definition) is 3. The molecule has 4 atom stereocenters. The van der Waals surface area contributed by atoms with E-state index in [1.807, 2.05) is 0 Å². The summed E-state index contributed by atoms with van der Waals surface area (Å²) in [5.74, 6) is -3.26. The number of nitrogens with zero attached hydrogens (tertiary/aromatic N) is 1. The van der Waals surface area contributed by atoms with Crippen LogP contribution in [0.2, 0.25) is 5.02 Å². The highest BCUT2D eigenvalue weighted by Gasteiger charge is 2.70. The Balaban J connectivity index is 1.40. The standard InChI is InChI=1S/C24H20ClN3O7/c25-12-2-3-14-13(8-12)24(23(33)26-14)20-19(15(27-24)4-6-18(29)30)21(31)28(22(20)32)9-11-1-5-16-17(7-11)35-10-34-16/h1-3,5,7-8,15,19-20,27H,4,6,9-10H2,(H,26,33)(H,29,30)/t15-,19-,20+,24-/m1/s1. The Morgan fingerprint density at radius 2 is 1.91 bits per heavy atom. The van der Waals surface area contributed by atoms with E-state index < -0.39 is 47.1 Å². The Morgan fingerprint density at radius 3 is 2.71 bits per heavy atom. The minimum Gasteiger partial charge on any atom is -0.481 e. The van der Waals surface area contributed by atoms with E-state index in [1.54, 1.807) is 36.4 Å². The van der Waals surface area contributed by atoms with Crippen molar-refractivity contribution in [3.63, 3.8) is 0 Å². The first-order chi connectivity index (χ1) is 16.8. The lowest BCUT2D eigenvalue weighted by atomic mass is 9.76. The number of carboxylic acids is 1. The molecule has 0 bridgehead atoms. The van der Waals surface area contributed by atoms with Crippen molar-refractivity contribution in [1.82, 2.24) is 10.2 Å². The Hall–Kier alpha value is -3.63. The van der Waals surface area contributed by atoms with E-state index in [2.05, 4.69) is 10.6 Å². The van der Waals surface area contributed by atoms with Gasteiger partial charge in [-0.25, -0.2) is 0 Å². The van der Waals surface area contributed by atoms with Crippen LogP contribution in [0, 0.1) is 11.8 Å². The molecular weight excluding hydrogens is 478 g/mol. The third-order valence-corrected chi connectivity index (χ3v) is 7.45. The summed E-state index contributed by atoms with van der Waals surface area (Å²) in [6, 6.07) is 9.37. The molecule has 3 amide bonds. The van der Waals surface area contributed by atoms with Gasteiger partial charge in [-0.1, -0.05) is 17.7 Å². The second-order valence-electron chi connectivity index (χ2n) is 9.09. The predicted molar refractivity (Wildman–Crippen MR) is 121 cm³/mol. The number of ether oxygens (including phenoxy) is 2. The molecule has 2 aromatic carbocycles. The highest BCUT2D eigenvalue weighted by Crippen LogP contribution is 2.54. The van der Waals surface area contributed by atoms with E-state index in [0.717, 1.165) is 4.90 Å².